The van der Waals surface area contributed by atoms with Crippen LogP contribution >= 0.6 is 0 Å². The topological polar surface area (TPSA) is 316 Å². The molecule has 0 aliphatic rings. The van der Waals surface area contributed by atoms with Crippen molar-refractivity contribution >= 4 is 0 Å². The summed E-state index contributed by atoms with van der Waals surface area (Å²) < 4.78 is 129. The molecule has 0 N–H and O–H groups in total. The van der Waals surface area contributed by atoms with Crippen molar-refractivity contribution in [1.29, 1.82) is 0 Å². The van der Waals surface area contributed by atoms with Crippen molar-refractivity contribution in [3.05, 3.63) is 0 Å². The summed E-state index contributed by atoms with van der Waals surface area (Å²) in [6.45, 7) is 0. The van der Waals surface area contributed by atoms with Gasteiger partial charge in [-0.3, -0.25) is 0 Å². The first-order chi connectivity index (χ1) is 8.66. The zero-order valence-electron chi connectivity index (χ0n) is 9.52. The molecule has 0 aliphatic heterocycles. The smallest absolute Gasteiger partial charge is 5.00 e. The zero-order chi connectivity index (χ0) is 17.9. The molecule has 22 heavy (non-hydrogen) atoms. The first-order valence-electron chi connectivity index (χ1n) is 3.06. The fraction of sp³-hybridized carbons (Fsp3) is 0. The van der Waals surface area contributed by atoms with Crippen LogP contribution < -0.4 is 36.9 Å². The van der Waals surface area contributed by atoms with Gasteiger partial charge < -0.3 is 0 Å². The molecule has 15 nitrogen and oxygen atoms in total. The summed E-state index contributed by atoms with van der Waals surface area (Å²) in [6, 6.07) is 0. The van der Waals surface area contributed by atoms with Gasteiger partial charge in [0, 0.05) is 0 Å². The van der Waals surface area contributed by atoms with Gasteiger partial charge in [-0.05, 0) is 0 Å². The third-order valence-electron chi connectivity index (χ3n) is 0. The molecule has 0 saturated heterocycles. The van der Waals surface area contributed by atoms with E-state index in [2.05, 4.69) is 0 Å². The van der Waals surface area contributed by atoms with E-state index in [1.807, 2.05) is 0 Å². The van der Waals surface area contributed by atoms with Gasteiger partial charge in [0.15, 0.2) is 0 Å². The van der Waals surface area contributed by atoms with Crippen LogP contribution in [0.3, 0.4) is 0 Å². The Morgan fingerprint density at radius 1 is 0.318 bits per heavy atom. The van der Waals surface area contributed by atoms with Crippen LogP contribution in [-0.2, 0) is 154 Å². The van der Waals surface area contributed by atoms with Crippen molar-refractivity contribution in [3.63, 3.8) is 0 Å². The molecule has 0 fully saturated rings. The van der Waals surface area contributed by atoms with Crippen LogP contribution in [0, 0.1) is 0 Å². The van der Waals surface area contributed by atoms with Crippen LogP contribution in [0.4, 0.5) is 0 Å². The van der Waals surface area contributed by atoms with E-state index in [0.717, 1.165) is 0 Å². The molecule has 0 amide bonds. The van der Waals surface area contributed by atoms with Crippen LogP contribution in [0.1, 0.15) is 0 Å². The molecule has 0 saturated carbocycles. The van der Waals surface area contributed by atoms with Crippen molar-refractivity contribution in [3.8, 4) is 0 Å². The molecule has 0 bridgehead atoms. The van der Waals surface area contributed by atoms with E-state index in [1.165, 1.54) is 0 Å². The van der Waals surface area contributed by atoms with Gasteiger partial charge in [0.05, 0.1) is 0 Å². The van der Waals surface area contributed by atoms with Crippen molar-refractivity contribution in [2.45, 2.75) is 0 Å². The Morgan fingerprint density at radius 2 is 0.318 bits per heavy atom. The Kier molecular flexibility index (Phi) is 80.7. The summed E-state index contributed by atoms with van der Waals surface area (Å²) in [5, 5.41) is 0. The summed E-state index contributed by atoms with van der Waals surface area (Å²) in [7, 11) is 0. The van der Waals surface area contributed by atoms with E-state index < -0.39 is 93.1 Å². The van der Waals surface area contributed by atoms with Crippen LogP contribution in [0.25, 0.3) is 0 Å². The van der Waals surface area contributed by atoms with Gasteiger partial charge in [-0.1, -0.05) is 0 Å². The maximum absolute atomic E-state index is 8.58. The summed E-state index contributed by atoms with van der Waals surface area (Å²) >= 11 is -20.4. The van der Waals surface area contributed by atoms with Crippen molar-refractivity contribution in [1.82, 2.24) is 0 Å². The van der Waals surface area contributed by atoms with Crippen LogP contribution in [0.2, 0.25) is 0 Å². The van der Waals surface area contributed by atoms with Gasteiger partial charge in [0.2, 0.25) is 0 Å². The fourth-order valence-corrected chi connectivity index (χ4v) is 0. The zero-order valence-corrected chi connectivity index (χ0v) is 23.8. The Labute approximate surface area is 188 Å². The maximum Gasteiger partial charge on any atom is 5.00 e. The monoisotopic (exact) mass is 842 g/mol. The predicted octanol–water partition coefficient (Wildman–Crippen LogP) is -12.5. The van der Waals surface area contributed by atoms with Gasteiger partial charge >= 0.3 is 191 Å². The molecule has 22 heteroatoms. The van der Waals surface area contributed by atoms with Gasteiger partial charge in [0.25, 0.3) is 0 Å². The summed E-state index contributed by atoms with van der Waals surface area (Å²) in [4.78, 5) is 0. The van der Waals surface area contributed by atoms with E-state index in [0.29, 0.717) is 0 Å². The largest absolute Gasteiger partial charge is 5.00 e. The van der Waals surface area contributed by atoms with E-state index in [1.54, 1.807) is 0 Å². The molecule has 0 unspecified atom stereocenters. The molecule has 0 heterocycles. The van der Waals surface area contributed by atoms with E-state index in [4.69, 9.17) is 53.5 Å². The number of hydrogen-bond donors (Lipinski definition) is 0. The first-order valence-corrected chi connectivity index (χ1v) is 12.6. The minimum absolute atomic E-state index is 0. The Balaban J connectivity index is -0.0000000250. The van der Waals surface area contributed by atoms with Gasteiger partial charge in [-0.15, -0.1) is 0 Å². The molecule has 120 valence electrons. The Hall–Kier alpha value is 3.65. The van der Waals surface area contributed by atoms with E-state index in [9.17, 15) is 0 Å². The number of hydrogen-bond acceptors (Lipinski definition) is 15. The third-order valence-corrected chi connectivity index (χ3v) is 0. The van der Waals surface area contributed by atoms with Crippen LogP contribution in [0.15, 0.2) is 0 Å². The van der Waals surface area contributed by atoms with Gasteiger partial charge in [0.1, 0.15) is 0 Å². The molecule has 0 aliphatic carbocycles. The summed E-state index contributed by atoms with van der Waals surface area (Å²) in [5.74, 6) is 0. The molecule has 0 aromatic rings. The van der Waals surface area contributed by atoms with E-state index in [-0.39, 0.29) is 44.8 Å². The van der Waals surface area contributed by atoms with Gasteiger partial charge in [-0.25, -0.2) is 0 Å². The second kappa shape index (κ2) is 39.6. The first kappa shape index (κ1) is 44.8. The summed E-state index contributed by atoms with van der Waals surface area (Å²) in [6.07, 6.45) is 0. The third kappa shape index (κ3) is 910. The second-order valence-corrected chi connectivity index (χ2v) is 5.15. The number of rotatable bonds is 0. The standard InChI is InChI=1S/15O.2Ta.5Ti/q;;;;;10*-1;2*+5;;;;;. The molecule has 0 radical (unpaired) electrons. The second-order valence-electron chi connectivity index (χ2n) is 1.25. The Bertz CT molecular complexity index is 211. The van der Waals surface area contributed by atoms with Crippen LogP contribution in [0.5, 0.6) is 0 Å². The fourth-order valence-electron chi connectivity index (χ4n) is 0. The SMILES string of the molecule is [O]=[Ti]([O-])[O-].[O]=[Ti]([O-])[O-].[O]=[Ti]([O-])[O-].[O]=[Ti]([O-])[O-].[O]=[Ti]([O-])[O-].[Ta+5].[Ta+5]. The molecular weight excluding hydrogens is 841 g/mol. The molecule has 0 spiro atoms. The average molecular weight is 841 g/mol. The summed E-state index contributed by atoms with van der Waals surface area (Å²) in [5.41, 5.74) is 0. The molecule has 0 rings (SSSR count). The molecule has 0 aromatic heterocycles. The molecule has 0 atom stereocenters. The van der Waals surface area contributed by atoms with Crippen LogP contribution in [-0.4, -0.2) is 0 Å². The normalized spacial score (nSPS) is 5.91. The Morgan fingerprint density at radius 3 is 0.318 bits per heavy atom. The van der Waals surface area contributed by atoms with Crippen molar-refractivity contribution < 1.29 is 191 Å². The minimum atomic E-state index is -4.08. The predicted molar refractivity (Wildman–Crippen MR) is 3.43 cm³/mol. The van der Waals surface area contributed by atoms with Crippen molar-refractivity contribution in [2.24, 2.45) is 0 Å². The maximum atomic E-state index is 8.58. The minimum Gasteiger partial charge on any atom is 5.00 e. The average Bonchev–Trinajstić information content (AvgIpc) is 1.94. The molecule has 0 aromatic carbocycles. The van der Waals surface area contributed by atoms with E-state index >= 15 is 0 Å². The van der Waals surface area contributed by atoms with Gasteiger partial charge in [-0.2, -0.15) is 0 Å². The molecular formula is O15Ta2Ti5. The quantitative estimate of drug-likeness (QED) is 0.205. The van der Waals surface area contributed by atoms with Crippen molar-refractivity contribution in [2.75, 3.05) is 0 Å².